The molecule has 2 heterocycles. The van der Waals surface area contributed by atoms with Gasteiger partial charge in [0.1, 0.15) is 0 Å². The van der Waals surface area contributed by atoms with Crippen molar-refractivity contribution < 1.29 is 0 Å². The Hall–Kier alpha value is -4.60. The highest BCUT2D eigenvalue weighted by Gasteiger charge is 2.17. The molecule has 0 fully saturated rings. The average Bonchev–Trinajstić information content (AvgIpc) is 3.51. The monoisotopic (exact) mass is 562 g/mol. The van der Waals surface area contributed by atoms with Crippen molar-refractivity contribution in [2.75, 3.05) is 0 Å². The Kier molecular flexibility index (Phi) is 5.01. The third-order valence-corrected chi connectivity index (χ3v) is 8.43. The van der Waals surface area contributed by atoms with Crippen LogP contribution in [0.15, 0.2) is 144 Å². The Labute approximate surface area is 234 Å². The van der Waals surface area contributed by atoms with Crippen molar-refractivity contribution in [3.05, 3.63) is 144 Å². The van der Waals surface area contributed by atoms with Gasteiger partial charge < -0.3 is 9.13 Å². The largest absolute Gasteiger partial charge is 0.309 e. The number of hydrogen-bond acceptors (Lipinski definition) is 0. The Morgan fingerprint density at radius 2 is 0.897 bits per heavy atom. The molecule has 0 amide bonds. The third kappa shape index (κ3) is 3.40. The van der Waals surface area contributed by atoms with Gasteiger partial charge in [-0.15, -0.1) is 0 Å². The average molecular weight is 563 g/mol. The van der Waals surface area contributed by atoms with Gasteiger partial charge in [0.2, 0.25) is 0 Å². The predicted octanol–water partition coefficient (Wildman–Crippen LogP) is 10.3. The van der Waals surface area contributed by atoms with Crippen LogP contribution in [0.3, 0.4) is 0 Å². The molecule has 0 saturated heterocycles. The molecule has 0 aliphatic rings. The van der Waals surface area contributed by atoms with Gasteiger partial charge >= 0.3 is 0 Å². The molecule has 0 atom stereocenters. The number of rotatable bonds is 3. The Balaban J connectivity index is 1.38. The first-order valence-corrected chi connectivity index (χ1v) is 13.9. The summed E-state index contributed by atoms with van der Waals surface area (Å²) in [5.74, 6) is 0. The van der Waals surface area contributed by atoms with Crippen LogP contribution in [0.1, 0.15) is 0 Å². The van der Waals surface area contributed by atoms with Crippen LogP contribution in [0.25, 0.3) is 66.1 Å². The fourth-order valence-corrected chi connectivity index (χ4v) is 6.64. The number of benzene rings is 6. The molecule has 8 aromatic rings. The van der Waals surface area contributed by atoms with Crippen molar-refractivity contribution in [3.8, 4) is 22.5 Å². The molecule has 2 nitrogen and oxygen atoms in total. The maximum atomic E-state index is 3.85. The molecule has 6 aromatic carbocycles. The molecular weight excluding hydrogens is 540 g/mol. The zero-order valence-corrected chi connectivity index (χ0v) is 22.6. The highest BCUT2D eigenvalue weighted by molar-refractivity contribution is 9.10. The van der Waals surface area contributed by atoms with E-state index in [9.17, 15) is 0 Å². The zero-order chi connectivity index (χ0) is 25.9. The minimum absolute atomic E-state index is 1.11. The Morgan fingerprint density at radius 3 is 1.59 bits per heavy atom. The highest BCUT2D eigenvalue weighted by Crippen LogP contribution is 2.40. The Bertz CT molecular complexity index is 2170. The molecule has 2 aromatic heterocycles. The van der Waals surface area contributed by atoms with Crippen LogP contribution in [0.2, 0.25) is 0 Å². The van der Waals surface area contributed by atoms with E-state index in [2.05, 4.69) is 165 Å². The van der Waals surface area contributed by atoms with Crippen molar-refractivity contribution in [3.63, 3.8) is 0 Å². The van der Waals surface area contributed by atoms with Gasteiger partial charge in [0.25, 0.3) is 0 Å². The van der Waals surface area contributed by atoms with E-state index in [1.807, 2.05) is 0 Å². The molecule has 8 rings (SSSR count). The summed E-state index contributed by atoms with van der Waals surface area (Å²) in [6.45, 7) is 0. The predicted molar refractivity (Wildman–Crippen MR) is 168 cm³/mol. The third-order valence-electron chi connectivity index (χ3n) is 7.77. The number of fused-ring (bicyclic) bond motifs is 6. The maximum absolute atomic E-state index is 3.85. The van der Waals surface area contributed by atoms with Gasteiger partial charge in [-0.2, -0.15) is 0 Å². The second-order valence-corrected chi connectivity index (χ2v) is 10.8. The molecule has 0 saturated carbocycles. The molecular formula is C36H23BrN2. The lowest BCUT2D eigenvalue weighted by atomic mass is 10.0. The van der Waals surface area contributed by atoms with Crippen molar-refractivity contribution in [2.45, 2.75) is 0 Å². The number of para-hydroxylation sites is 3. The molecule has 0 unspecified atom stereocenters. The van der Waals surface area contributed by atoms with Crippen LogP contribution < -0.4 is 0 Å². The molecule has 0 spiro atoms. The zero-order valence-electron chi connectivity index (χ0n) is 21.1. The van der Waals surface area contributed by atoms with Gasteiger partial charge in [0, 0.05) is 37.4 Å². The Morgan fingerprint density at radius 1 is 0.385 bits per heavy atom. The van der Waals surface area contributed by atoms with Gasteiger partial charge in [0.05, 0.1) is 22.1 Å². The minimum atomic E-state index is 1.11. The molecule has 184 valence electrons. The summed E-state index contributed by atoms with van der Waals surface area (Å²) >= 11 is 3.85. The van der Waals surface area contributed by atoms with Crippen molar-refractivity contribution in [1.82, 2.24) is 9.13 Å². The van der Waals surface area contributed by atoms with Crippen LogP contribution in [0.5, 0.6) is 0 Å². The summed E-state index contributed by atoms with van der Waals surface area (Å²) in [6.07, 6.45) is 0. The molecule has 0 N–H and O–H groups in total. The van der Waals surface area contributed by atoms with Crippen LogP contribution in [0, 0.1) is 0 Å². The van der Waals surface area contributed by atoms with Crippen LogP contribution in [-0.4, -0.2) is 9.13 Å². The quantitative estimate of drug-likeness (QED) is 0.202. The first kappa shape index (κ1) is 22.4. The van der Waals surface area contributed by atoms with Crippen LogP contribution in [0.4, 0.5) is 0 Å². The van der Waals surface area contributed by atoms with Crippen molar-refractivity contribution in [2.24, 2.45) is 0 Å². The fraction of sp³-hybridized carbons (Fsp3) is 0. The smallest absolute Gasteiger partial charge is 0.0552 e. The lowest BCUT2D eigenvalue weighted by Gasteiger charge is -2.09. The van der Waals surface area contributed by atoms with Crippen LogP contribution in [-0.2, 0) is 0 Å². The van der Waals surface area contributed by atoms with Gasteiger partial charge in [-0.25, -0.2) is 0 Å². The van der Waals surface area contributed by atoms with E-state index < -0.39 is 0 Å². The fourth-order valence-electron chi connectivity index (χ4n) is 6.07. The first-order valence-electron chi connectivity index (χ1n) is 13.1. The molecule has 0 aliphatic carbocycles. The summed E-state index contributed by atoms with van der Waals surface area (Å²) < 4.78 is 5.83. The molecule has 0 aliphatic heterocycles. The molecule has 39 heavy (non-hydrogen) atoms. The maximum Gasteiger partial charge on any atom is 0.0552 e. The molecule has 0 bridgehead atoms. The van der Waals surface area contributed by atoms with E-state index in [1.165, 1.54) is 66.1 Å². The van der Waals surface area contributed by atoms with Gasteiger partial charge in [0.15, 0.2) is 0 Å². The van der Waals surface area contributed by atoms with Crippen molar-refractivity contribution >= 4 is 59.5 Å². The highest BCUT2D eigenvalue weighted by atomic mass is 79.9. The summed E-state index contributed by atoms with van der Waals surface area (Å²) in [4.78, 5) is 0. The second-order valence-electron chi connectivity index (χ2n) is 9.96. The number of halogens is 1. The normalized spacial score (nSPS) is 11.7. The molecule has 3 heteroatoms. The molecule has 0 radical (unpaired) electrons. The second kappa shape index (κ2) is 8.72. The van der Waals surface area contributed by atoms with Crippen LogP contribution >= 0.6 is 15.9 Å². The number of nitrogens with zero attached hydrogens (tertiary/aromatic N) is 2. The van der Waals surface area contributed by atoms with E-state index in [-0.39, 0.29) is 0 Å². The van der Waals surface area contributed by atoms with Gasteiger partial charge in [-0.1, -0.05) is 88.7 Å². The standard InChI is InChI=1S/C36H23BrN2/c37-31-15-9-17-35-36(31)30-23-25(19-21-34(30)39(35)27-12-5-2-6-13-27)24-18-20-33-29(22-24)28-14-7-8-16-32(28)38(33)26-10-3-1-4-11-26/h1-23H. The minimum Gasteiger partial charge on any atom is -0.309 e. The van der Waals surface area contributed by atoms with Gasteiger partial charge in [-0.05, 0) is 77.9 Å². The summed E-state index contributed by atoms with van der Waals surface area (Å²) in [7, 11) is 0. The van der Waals surface area contributed by atoms with E-state index >= 15 is 0 Å². The lowest BCUT2D eigenvalue weighted by Crippen LogP contribution is -1.93. The lowest BCUT2D eigenvalue weighted by molar-refractivity contribution is 1.18. The van der Waals surface area contributed by atoms with E-state index in [1.54, 1.807) is 0 Å². The van der Waals surface area contributed by atoms with E-state index in [0.717, 1.165) is 4.47 Å². The summed E-state index contributed by atoms with van der Waals surface area (Å²) in [6, 6.07) is 50.1. The topological polar surface area (TPSA) is 9.86 Å². The SMILES string of the molecule is Brc1cccc2c1c1cc(-c3ccc4c(c3)c3ccccc3n4-c3ccccc3)ccc1n2-c1ccccc1. The van der Waals surface area contributed by atoms with E-state index in [4.69, 9.17) is 0 Å². The number of aromatic nitrogens is 2. The van der Waals surface area contributed by atoms with E-state index in [0.29, 0.717) is 0 Å². The summed E-state index contributed by atoms with van der Waals surface area (Å²) in [5.41, 5.74) is 9.61. The summed E-state index contributed by atoms with van der Waals surface area (Å²) in [5, 5.41) is 5.01. The van der Waals surface area contributed by atoms with Crippen molar-refractivity contribution in [1.29, 1.82) is 0 Å². The number of hydrogen-bond donors (Lipinski definition) is 0. The van der Waals surface area contributed by atoms with Gasteiger partial charge in [-0.3, -0.25) is 0 Å². The first-order chi connectivity index (χ1) is 19.3.